The van der Waals surface area contributed by atoms with Crippen LogP contribution in [-0.4, -0.2) is 58.3 Å². The van der Waals surface area contributed by atoms with Crippen molar-refractivity contribution in [2.45, 2.75) is 95.2 Å². The number of carbonyl (C=O) groups excluding carboxylic acids is 2. The molecule has 0 aromatic heterocycles. The number of carboxylic acids is 1. The average molecular weight is 625 g/mol. The Hall–Kier alpha value is -2.36. The van der Waals surface area contributed by atoms with E-state index in [1.54, 1.807) is 12.1 Å². The van der Waals surface area contributed by atoms with Crippen molar-refractivity contribution in [1.82, 2.24) is 15.5 Å². The fourth-order valence-corrected chi connectivity index (χ4v) is 8.04. The van der Waals surface area contributed by atoms with Crippen LogP contribution < -0.4 is 16.4 Å². The molecule has 4 fully saturated rings. The van der Waals surface area contributed by atoms with Crippen molar-refractivity contribution in [3.8, 4) is 0 Å². The molecule has 3 atom stereocenters. The van der Waals surface area contributed by atoms with Gasteiger partial charge in [0.2, 0.25) is 11.8 Å². The summed E-state index contributed by atoms with van der Waals surface area (Å²) in [7, 11) is 0. The van der Waals surface area contributed by atoms with Crippen LogP contribution in [0.4, 0.5) is 0 Å². The number of amides is 2. The molecule has 4 aliphatic rings. The second kappa shape index (κ2) is 14.9. The molecule has 11 heteroatoms. The molecule has 5 rings (SSSR count). The van der Waals surface area contributed by atoms with Gasteiger partial charge in [0.15, 0.2) is 0 Å². The van der Waals surface area contributed by atoms with Crippen LogP contribution in [0.3, 0.4) is 0 Å². The molecule has 1 aromatic rings. The third-order valence-electron chi connectivity index (χ3n) is 10.1. The number of rotatable bonds is 11. The second-order valence-electron chi connectivity index (χ2n) is 12.5. The Morgan fingerprint density at radius 3 is 2.02 bits per heavy atom. The minimum absolute atomic E-state index is 0. The second-order valence-corrected chi connectivity index (χ2v) is 12.5. The molecule has 3 aliphatic carbocycles. The maximum atomic E-state index is 14.5. The van der Waals surface area contributed by atoms with Crippen LogP contribution in [0.2, 0.25) is 0 Å². The number of aliphatic carboxylic acids is 1. The SMILES string of the molecule is Cl.Cl.N=C(N)c1ccc(CNC(=O)[C@]23C[C@H]2CCN3C(=O)[C@H](NCC(=O)O)C(C2CCCCC2)C2CCCCC2)cc1. The number of benzene rings is 1. The van der Waals surface area contributed by atoms with Gasteiger partial charge in [-0.15, -0.1) is 24.8 Å². The molecule has 0 radical (unpaired) electrons. The third kappa shape index (κ3) is 7.22. The van der Waals surface area contributed by atoms with Crippen LogP contribution in [-0.2, 0) is 20.9 Å². The van der Waals surface area contributed by atoms with Crippen molar-refractivity contribution in [3.05, 3.63) is 35.4 Å². The molecule has 0 bridgehead atoms. The van der Waals surface area contributed by atoms with E-state index in [-0.39, 0.29) is 60.8 Å². The lowest BCUT2D eigenvalue weighted by molar-refractivity contribution is -0.145. The molecule has 9 nitrogen and oxygen atoms in total. The molecule has 1 aliphatic heterocycles. The van der Waals surface area contributed by atoms with Crippen LogP contribution in [0.5, 0.6) is 0 Å². The number of carbonyl (C=O) groups is 3. The van der Waals surface area contributed by atoms with Gasteiger partial charge >= 0.3 is 5.97 Å². The minimum Gasteiger partial charge on any atom is -0.480 e. The van der Waals surface area contributed by atoms with E-state index in [4.69, 9.17) is 11.1 Å². The number of fused-ring (bicyclic) bond motifs is 1. The van der Waals surface area contributed by atoms with E-state index < -0.39 is 17.6 Å². The van der Waals surface area contributed by atoms with Gasteiger partial charge in [0.1, 0.15) is 11.4 Å². The van der Waals surface area contributed by atoms with Crippen molar-refractivity contribution in [2.75, 3.05) is 13.1 Å². The zero-order valence-electron chi connectivity index (χ0n) is 24.3. The Morgan fingerprint density at radius 2 is 1.52 bits per heavy atom. The Balaban J connectivity index is 0.00000242. The normalized spacial score (nSPS) is 24.6. The first-order chi connectivity index (χ1) is 19.3. The number of nitrogens with two attached hydrogens (primary N) is 1. The Morgan fingerprint density at radius 1 is 0.952 bits per heavy atom. The number of amidine groups is 1. The van der Waals surface area contributed by atoms with Gasteiger partial charge in [0.05, 0.1) is 12.6 Å². The van der Waals surface area contributed by atoms with Crippen molar-refractivity contribution in [3.63, 3.8) is 0 Å². The molecule has 6 N–H and O–H groups in total. The van der Waals surface area contributed by atoms with Gasteiger partial charge in [0.25, 0.3) is 0 Å². The van der Waals surface area contributed by atoms with Gasteiger partial charge in [-0.2, -0.15) is 0 Å². The summed E-state index contributed by atoms with van der Waals surface area (Å²) in [6, 6.07) is 6.65. The molecule has 0 unspecified atom stereocenters. The fraction of sp³-hybridized carbons (Fsp3) is 0.677. The van der Waals surface area contributed by atoms with E-state index in [0.717, 1.165) is 37.7 Å². The number of nitrogens with zero attached hydrogens (tertiary/aromatic N) is 1. The lowest BCUT2D eigenvalue weighted by Gasteiger charge is -2.43. The summed E-state index contributed by atoms with van der Waals surface area (Å²) < 4.78 is 0. The number of nitrogen functional groups attached to an aromatic ring is 1. The summed E-state index contributed by atoms with van der Waals surface area (Å²) in [6.45, 7) is 0.623. The van der Waals surface area contributed by atoms with E-state index in [9.17, 15) is 19.5 Å². The summed E-state index contributed by atoms with van der Waals surface area (Å²) in [5.74, 6) is -0.0882. The molecule has 1 saturated heterocycles. The summed E-state index contributed by atoms with van der Waals surface area (Å²) in [4.78, 5) is 41.6. The van der Waals surface area contributed by atoms with Crippen LogP contribution in [0.25, 0.3) is 0 Å². The van der Waals surface area contributed by atoms with Gasteiger partial charge in [-0.3, -0.25) is 25.1 Å². The van der Waals surface area contributed by atoms with Crippen LogP contribution in [0.1, 0.15) is 88.2 Å². The van der Waals surface area contributed by atoms with Gasteiger partial charge in [-0.05, 0) is 42.1 Å². The van der Waals surface area contributed by atoms with E-state index in [0.29, 0.717) is 36.9 Å². The Labute approximate surface area is 261 Å². The molecule has 0 spiro atoms. The fourth-order valence-electron chi connectivity index (χ4n) is 8.04. The zero-order valence-corrected chi connectivity index (χ0v) is 25.9. The predicted octanol–water partition coefficient (Wildman–Crippen LogP) is 4.24. The third-order valence-corrected chi connectivity index (χ3v) is 10.1. The number of hydrogen-bond donors (Lipinski definition) is 5. The van der Waals surface area contributed by atoms with Crippen LogP contribution >= 0.6 is 24.8 Å². The highest BCUT2D eigenvalue weighted by Crippen LogP contribution is 2.56. The first kappa shape index (κ1) is 34.1. The molecule has 42 heavy (non-hydrogen) atoms. The highest BCUT2D eigenvalue weighted by atomic mass is 35.5. The molecule has 1 heterocycles. The van der Waals surface area contributed by atoms with E-state index >= 15 is 0 Å². The highest BCUT2D eigenvalue weighted by Gasteiger charge is 2.69. The van der Waals surface area contributed by atoms with Gasteiger partial charge in [0, 0.05) is 18.7 Å². The first-order valence-electron chi connectivity index (χ1n) is 15.3. The lowest BCUT2D eigenvalue weighted by Crippen LogP contribution is -2.59. The highest BCUT2D eigenvalue weighted by molar-refractivity contribution is 5.97. The molecule has 3 saturated carbocycles. The van der Waals surface area contributed by atoms with Crippen molar-refractivity contribution in [1.29, 1.82) is 5.41 Å². The monoisotopic (exact) mass is 623 g/mol. The predicted molar refractivity (Wildman–Crippen MR) is 167 cm³/mol. The summed E-state index contributed by atoms with van der Waals surface area (Å²) in [6.07, 6.45) is 13.0. The topological polar surface area (TPSA) is 149 Å². The minimum atomic E-state index is -0.960. The van der Waals surface area contributed by atoms with E-state index in [1.807, 2.05) is 17.0 Å². The smallest absolute Gasteiger partial charge is 0.317 e. The summed E-state index contributed by atoms with van der Waals surface area (Å²) in [5.41, 5.74) is 6.26. The maximum Gasteiger partial charge on any atom is 0.317 e. The van der Waals surface area contributed by atoms with Gasteiger partial charge < -0.3 is 21.1 Å². The van der Waals surface area contributed by atoms with E-state index in [2.05, 4.69) is 10.6 Å². The lowest BCUT2D eigenvalue weighted by atomic mass is 9.66. The number of carboxylic acid groups (broad SMARTS) is 1. The quantitative estimate of drug-likeness (QED) is 0.184. The van der Waals surface area contributed by atoms with Crippen molar-refractivity contribution >= 4 is 48.4 Å². The number of likely N-dealkylation sites (tertiary alicyclic amines) is 1. The maximum absolute atomic E-state index is 14.5. The molecular weight excluding hydrogens is 577 g/mol. The van der Waals surface area contributed by atoms with Crippen LogP contribution in [0.15, 0.2) is 24.3 Å². The Kier molecular flexibility index (Phi) is 12.1. The van der Waals surface area contributed by atoms with Crippen molar-refractivity contribution in [2.24, 2.45) is 29.4 Å². The standard InChI is InChI=1S/C31H45N5O4.2ClH/c32-28(33)23-13-11-20(12-14-23)18-35-30(40)31-17-24(31)15-16-36(31)29(39)27(34-19-25(37)38)26(21-7-3-1-4-8-21)22-9-5-2-6-10-22;;/h11-14,21-22,24,26-27,34H,1-10,15-19H2,(H3,32,33)(H,35,40)(H,37,38);2*1H/t24-,27-,31+;;/m1../s1. The molecule has 234 valence electrons. The molecule has 1 aromatic carbocycles. The van der Waals surface area contributed by atoms with E-state index in [1.165, 1.54) is 38.5 Å². The molecule has 2 amide bonds. The summed E-state index contributed by atoms with van der Waals surface area (Å²) >= 11 is 0. The average Bonchev–Trinajstić information content (AvgIpc) is 3.59. The van der Waals surface area contributed by atoms with Gasteiger partial charge in [-0.25, -0.2) is 0 Å². The zero-order chi connectivity index (χ0) is 28.3. The molecular formula is C31H47Cl2N5O4. The van der Waals surface area contributed by atoms with Gasteiger partial charge in [-0.1, -0.05) is 88.5 Å². The first-order valence-corrected chi connectivity index (χ1v) is 15.3. The Bertz CT molecular complexity index is 1090. The number of hydrogen-bond acceptors (Lipinski definition) is 5. The number of halogens is 2. The number of nitrogens with one attached hydrogen (secondary N) is 3. The number of piperidine rings is 1. The largest absolute Gasteiger partial charge is 0.480 e. The van der Waals surface area contributed by atoms with Crippen molar-refractivity contribution < 1.29 is 19.5 Å². The summed E-state index contributed by atoms with van der Waals surface area (Å²) in [5, 5.41) is 23.4. The van der Waals surface area contributed by atoms with Crippen LogP contribution in [0, 0.1) is 29.1 Å².